The number of halogens is 1. The van der Waals surface area contributed by atoms with E-state index in [1.807, 2.05) is 0 Å². The van der Waals surface area contributed by atoms with Crippen molar-refractivity contribution in [2.24, 2.45) is 0 Å². The molecule has 0 fully saturated rings. The molecule has 0 unspecified atom stereocenters. The lowest BCUT2D eigenvalue weighted by Crippen LogP contribution is -2.08. The van der Waals surface area contributed by atoms with E-state index >= 15 is 0 Å². The van der Waals surface area contributed by atoms with Crippen molar-refractivity contribution in [3.63, 3.8) is 0 Å². The summed E-state index contributed by atoms with van der Waals surface area (Å²) in [6.07, 6.45) is 1.30. The lowest BCUT2D eigenvalue weighted by Gasteiger charge is -2.02. The second-order valence-electron chi connectivity index (χ2n) is 2.27. The Morgan fingerprint density at radius 1 is 1.79 bits per heavy atom. The highest BCUT2D eigenvalue weighted by Crippen LogP contribution is 2.12. The van der Waals surface area contributed by atoms with Crippen LogP contribution in [0.1, 0.15) is 23.1 Å². The van der Waals surface area contributed by atoms with E-state index in [4.69, 9.17) is 16.3 Å². The average molecular weight is 231 g/mol. The number of aromatic nitrogens is 2. The lowest BCUT2D eigenvalue weighted by atomic mass is 10.3. The van der Waals surface area contributed by atoms with E-state index in [-0.39, 0.29) is 17.3 Å². The van der Waals surface area contributed by atoms with Gasteiger partial charge in [-0.25, -0.2) is 14.8 Å². The molecule has 6 heteroatoms. The molecule has 1 aromatic heterocycles. The van der Waals surface area contributed by atoms with Crippen molar-refractivity contribution in [1.29, 1.82) is 0 Å². The largest absolute Gasteiger partial charge is 0.462 e. The van der Waals surface area contributed by atoms with Gasteiger partial charge in [-0.1, -0.05) is 23.8 Å². The van der Waals surface area contributed by atoms with E-state index in [9.17, 15) is 4.79 Å². The number of ether oxygens (including phenoxy) is 1. The minimum atomic E-state index is -0.534. The summed E-state index contributed by atoms with van der Waals surface area (Å²) in [6.45, 7) is 1.99. The zero-order valence-corrected chi connectivity index (χ0v) is 8.93. The fraction of sp³-hybridized carbons (Fsp3) is 0.250. The molecule has 0 spiro atoms. The Morgan fingerprint density at radius 3 is 3.00 bits per heavy atom. The monoisotopic (exact) mass is 230 g/mol. The molecule has 0 saturated heterocycles. The van der Waals surface area contributed by atoms with E-state index in [1.54, 1.807) is 6.92 Å². The molecular formula is C8H7ClN2O2S. The maximum Gasteiger partial charge on any atom is 0.342 e. The molecule has 0 aliphatic rings. The van der Waals surface area contributed by atoms with Crippen LogP contribution >= 0.6 is 23.8 Å². The molecule has 1 heterocycles. The predicted molar refractivity (Wildman–Crippen MR) is 55.8 cm³/mol. The standard InChI is InChI=1S/C8H7ClN2O2S/c1-2-13-8(12)5-3-10-6(4-14)11-7(5)9/h3-4H,2H2,1H3. The maximum atomic E-state index is 11.2. The van der Waals surface area contributed by atoms with Gasteiger partial charge < -0.3 is 4.74 Å². The summed E-state index contributed by atoms with van der Waals surface area (Å²) < 4.78 is 4.74. The first kappa shape index (κ1) is 11.0. The Hall–Kier alpha value is -1.07. The van der Waals surface area contributed by atoms with Crippen molar-refractivity contribution < 1.29 is 9.53 Å². The summed E-state index contributed by atoms with van der Waals surface area (Å²) in [4.78, 5) is 18.8. The van der Waals surface area contributed by atoms with Crippen molar-refractivity contribution in [2.75, 3.05) is 6.61 Å². The number of nitrogens with zero attached hydrogens (tertiary/aromatic N) is 2. The first-order valence-corrected chi connectivity index (χ1v) is 4.68. The predicted octanol–water partition coefficient (Wildman–Crippen LogP) is 1.65. The van der Waals surface area contributed by atoms with Crippen molar-refractivity contribution >= 4 is 35.2 Å². The van der Waals surface area contributed by atoms with Crippen molar-refractivity contribution in [1.82, 2.24) is 9.97 Å². The molecule has 0 aliphatic carbocycles. The fourth-order valence-electron chi connectivity index (χ4n) is 0.776. The van der Waals surface area contributed by atoms with Crippen LogP contribution < -0.4 is 0 Å². The van der Waals surface area contributed by atoms with Gasteiger partial charge in [0.25, 0.3) is 0 Å². The molecule has 0 bridgehead atoms. The van der Waals surface area contributed by atoms with Gasteiger partial charge in [-0.05, 0) is 6.92 Å². The minimum Gasteiger partial charge on any atom is -0.462 e. The van der Waals surface area contributed by atoms with Crippen LogP contribution in [0.4, 0.5) is 0 Å². The highest BCUT2D eigenvalue weighted by molar-refractivity contribution is 7.79. The Bertz CT molecular complexity index is 370. The second kappa shape index (κ2) is 4.97. The number of carbonyl (C=O) groups is 1. The molecule has 0 aromatic carbocycles. The number of esters is 1. The molecule has 0 radical (unpaired) electrons. The minimum absolute atomic E-state index is 0.0505. The van der Waals surface area contributed by atoms with Crippen molar-refractivity contribution in [2.45, 2.75) is 6.92 Å². The lowest BCUT2D eigenvalue weighted by molar-refractivity contribution is 0.0525. The first-order valence-electron chi connectivity index (χ1n) is 3.84. The second-order valence-corrected chi connectivity index (χ2v) is 2.86. The van der Waals surface area contributed by atoms with Crippen molar-refractivity contribution in [3.05, 3.63) is 22.7 Å². The summed E-state index contributed by atoms with van der Waals surface area (Å²) in [5, 5.41) is 1.33. The Kier molecular flexibility index (Phi) is 3.91. The van der Waals surface area contributed by atoms with Gasteiger partial charge in [0.2, 0.25) is 0 Å². The molecule has 14 heavy (non-hydrogen) atoms. The van der Waals surface area contributed by atoms with Crippen LogP contribution in [0.25, 0.3) is 0 Å². The van der Waals surface area contributed by atoms with E-state index < -0.39 is 5.97 Å². The number of thiocarbonyl (C=S) groups is 1. The van der Waals surface area contributed by atoms with Gasteiger partial charge in [-0.3, -0.25) is 0 Å². The number of hydrogen-bond donors (Lipinski definition) is 0. The Morgan fingerprint density at radius 2 is 2.50 bits per heavy atom. The van der Waals surface area contributed by atoms with Gasteiger partial charge >= 0.3 is 5.97 Å². The SMILES string of the molecule is CCOC(=O)c1cnc(C=S)nc1Cl. The molecule has 74 valence electrons. The van der Waals surface area contributed by atoms with Crippen LogP contribution in [-0.4, -0.2) is 27.9 Å². The zero-order valence-electron chi connectivity index (χ0n) is 7.36. The maximum absolute atomic E-state index is 11.2. The number of carbonyl (C=O) groups excluding carboxylic acids is 1. The third-order valence-electron chi connectivity index (χ3n) is 1.36. The molecule has 4 nitrogen and oxygen atoms in total. The van der Waals surface area contributed by atoms with E-state index in [0.29, 0.717) is 5.82 Å². The quantitative estimate of drug-likeness (QED) is 0.449. The van der Waals surface area contributed by atoms with Crippen LogP contribution in [-0.2, 0) is 4.74 Å². The number of hydrogen-bond acceptors (Lipinski definition) is 5. The van der Waals surface area contributed by atoms with Gasteiger partial charge in [0.1, 0.15) is 10.7 Å². The molecule has 1 rings (SSSR count). The van der Waals surface area contributed by atoms with E-state index in [2.05, 4.69) is 22.2 Å². The molecule has 0 atom stereocenters. The molecule has 0 saturated carbocycles. The third-order valence-corrected chi connectivity index (χ3v) is 1.86. The summed E-state index contributed by atoms with van der Waals surface area (Å²) in [7, 11) is 0. The fourth-order valence-corrected chi connectivity index (χ4v) is 1.10. The highest BCUT2D eigenvalue weighted by atomic mass is 35.5. The molecule has 1 aromatic rings. The first-order chi connectivity index (χ1) is 6.69. The van der Waals surface area contributed by atoms with Crippen LogP contribution in [0.5, 0.6) is 0 Å². The van der Waals surface area contributed by atoms with Crippen LogP contribution in [0, 0.1) is 0 Å². The summed E-state index contributed by atoms with van der Waals surface area (Å²) in [5.41, 5.74) is 0.147. The summed E-state index contributed by atoms with van der Waals surface area (Å²) in [6, 6.07) is 0. The zero-order chi connectivity index (χ0) is 10.6. The normalized spacial score (nSPS) is 9.57. The van der Waals surface area contributed by atoms with E-state index in [1.165, 1.54) is 11.6 Å². The molecule has 0 aliphatic heterocycles. The molecule has 0 amide bonds. The third kappa shape index (κ3) is 2.46. The van der Waals surface area contributed by atoms with Gasteiger partial charge in [-0.2, -0.15) is 0 Å². The average Bonchev–Trinajstić information content (AvgIpc) is 2.17. The highest BCUT2D eigenvalue weighted by Gasteiger charge is 2.13. The smallest absolute Gasteiger partial charge is 0.342 e. The summed E-state index contributed by atoms with van der Waals surface area (Å²) >= 11 is 10.3. The van der Waals surface area contributed by atoms with E-state index in [0.717, 1.165) is 0 Å². The summed E-state index contributed by atoms with van der Waals surface area (Å²) in [5.74, 6) is -0.230. The topological polar surface area (TPSA) is 52.1 Å². The van der Waals surface area contributed by atoms with Gasteiger partial charge in [0.15, 0.2) is 5.82 Å². The van der Waals surface area contributed by atoms with Crippen LogP contribution in [0.2, 0.25) is 5.15 Å². The number of rotatable bonds is 3. The Labute approximate surface area is 91.3 Å². The molecular weight excluding hydrogens is 224 g/mol. The van der Waals surface area contributed by atoms with Crippen molar-refractivity contribution in [3.8, 4) is 0 Å². The Balaban J connectivity index is 2.99. The van der Waals surface area contributed by atoms with Gasteiger partial charge in [-0.15, -0.1) is 0 Å². The van der Waals surface area contributed by atoms with Gasteiger partial charge in [0, 0.05) is 11.6 Å². The van der Waals surface area contributed by atoms with Gasteiger partial charge in [0.05, 0.1) is 6.61 Å². The van der Waals surface area contributed by atoms with Crippen LogP contribution in [0.15, 0.2) is 6.20 Å². The molecule has 0 N–H and O–H groups in total. The van der Waals surface area contributed by atoms with Crippen LogP contribution in [0.3, 0.4) is 0 Å².